The van der Waals surface area contributed by atoms with Crippen molar-refractivity contribution in [2.75, 3.05) is 20.1 Å². The molecule has 1 saturated heterocycles. The lowest BCUT2D eigenvalue weighted by atomic mass is 10.1. The van der Waals surface area contributed by atoms with Gasteiger partial charge in [0.1, 0.15) is 0 Å². The molecule has 1 aromatic heterocycles. The third-order valence-electron chi connectivity index (χ3n) is 4.65. The van der Waals surface area contributed by atoms with Crippen molar-refractivity contribution in [3.05, 3.63) is 59.9 Å². The van der Waals surface area contributed by atoms with Crippen molar-refractivity contribution in [2.45, 2.75) is 32.5 Å². The van der Waals surface area contributed by atoms with E-state index >= 15 is 0 Å². The summed E-state index contributed by atoms with van der Waals surface area (Å²) >= 11 is 0. The standard InChI is InChI=1S/C20H27N5O.HI/c1-21-20(22-10-14-24-11-4-5-12-24)23-15-17-7-2-3-8-18(17)16-25-13-6-9-19(25)26;/h2-5,7-8,11-12H,6,9-10,13-16H2,1H3,(H2,21,22,23);1H. The van der Waals surface area contributed by atoms with Gasteiger partial charge in [-0.25, -0.2) is 0 Å². The van der Waals surface area contributed by atoms with E-state index in [-0.39, 0.29) is 29.9 Å². The van der Waals surface area contributed by atoms with E-state index in [1.165, 1.54) is 11.1 Å². The van der Waals surface area contributed by atoms with Crippen molar-refractivity contribution >= 4 is 35.8 Å². The highest BCUT2D eigenvalue weighted by atomic mass is 127. The predicted molar refractivity (Wildman–Crippen MR) is 119 cm³/mol. The molecule has 6 nitrogen and oxygen atoms in total. The van der Waals surface area contributed by atoms with E-state index in [1.807, 2.05) is 41.6 Å². The van der Waals surface area contributed by atoms with Crippen LogP contribution >= 0.6 is 24.0 Å². The van der Waals surface area contributed by atoms with Crippen LogP contribution in [0.5, 0.6) is 0 Å². The number of nitrogens with one attached hydrogen (secondary N) is 2. The van der Waals surface area contributed by atoms with Gasteiger partial charge in [-0.2, -0.15) is 0 Å². The summed E-state index contributed by atoms with van der Waals surface area (Å²) in [5.74, 6) is 1.04. The number of benzene rings is 1. The van der Waals surface area contributed by atoms with Crippen LogP contribution in [0.3, 0.4) is 0 Å². The maximum Gasteiger partial charge on any atom is 0.222 e. The largest absolute Gasteiger partial charge is 0.355 e. The summed E-state index contributed by atoms with van der Waals surface area (Å²) in [5.41, 5.74) is 2.39. The average Bonchev–Trinajstić information content (AvgIpc) is 3.31. The van der Waals surface area contributed by atoms with Crippen LogP contribution in [0.25, 0.3) is 0 Å². The first-order chi connectivity index (χ1) is 12.8. The average molecular weight is 481 g/mol. The van der Waals surface area contributed by atoms with Gasteiger partial charge in [0.2, 0.25) is 5.91 Å². The Hall–Kier alpha value is -2.03. The normalized spacial score (nSPS) is 14.2. The van der Waals surface area contributed by atoms with Crippen molar-refractivity contribution in [3.8, 4) is 0 Å². The number of aromatic nitrogens is 1. The van der Waals surface area contributed by atoms with Crippen LogP contribution in [0.2, 0.25) is 0 Å². The first-order valence-electron chi connectivity index (χ1n) is 9.16. The fraction of sp³-hybridized carbons (Fsp3) is 0.400. The lowest BCUT2D eigenvalue weighted by Crippen LogP contribution is -2.38. The maximum atomic E-state index is 11.9. The Morgan fingerprint density at radius 2 is 1.85 bits per heavy atom. The molecule has 1 fully saturated rings. The molecule has 2 aromatic rings. The van der Waals surface area contributed by atoms with Crippen LogP contribution in [-0.2, 0) is 24.4 Å². The van der Waals surface area contributed by atoms with Crippen LogP contribution in [0.15, 0.2) is 53.8 Å². The Morgan fingerprint density at radius 1 is 1.11 bits per heavy atom. The minimum Gasteiger partial charge on any atom is -0.355 e. The summed E-state index contributed by atoms with van der Waals surface area (Å²) in [6.07, 6.45) is 5.75. The monoisotopic (exact) mass is 481 g/mol. The second kappa shape index (κ2) is 11.0. The zero-order chi connectivity index (χ0) is 18.2. The molecular formula is C20H28IN5O. The van der Waals surface area contributed by atoms with E-state index in [0.29, 0.717) is 19.5 Å². The number of carbonyl (C=O) groups excluding carboxylic acids is 1. The Bertz CT molecular complexity index is 745. The number of halogens is 1. The van der Waals surface area contributed by atoms with E-state index in [1.54, 1.807) is 7.05 Å². The van der Waals surface area contributed by atoms with Crippen molar-refractivity contribution in [3.63, 3.8) is 0 Å². The highest BCUT2D eigenvalue weighted by molar-refractivity contribution is 14.0. The molecule has 1 aliphatic heterocycles. The quantitative estimate of drug-likeness (QED) is 0.363. The van der Waals surface area contributed by atoms with Gasteiger partial charge in [0.05, 0.1) is 0 Å². The number of amides is 1. The second-order valence-electron chi connectivity index (χ2n) is 6.46. The third kappa shape index (κ3) is 6.27. The van der Waals surface area contributed by atoms with Crippen LogP contribution in [0, 0.1) is 0 Å². The van der Waals surface area contributed by atoms with Gasteiger partial charge in [0.15, 0.2) is 5.96 Å². The van der Waals surface area contributed by atoms with Gasteiger partial charge in [-0.3, -0.25) is 9.79 Å². The molecule has 0 aliphatic carbocycles. The van der Waals surface area contributed by atoms with Gasteiger partial charge in [0, 0.05) is 58.6 Å². The minimum absolute atomic E-state index is 0. The smallest absolute Gasteiger partial charge is 0.222 e. The second-order valence-corrected chi connectivity index (χ2v) is 6.46. The molecule has 3 rings (SSSR count). The summed E-state index contributed by atoms with van der Waals surface area (Å²) in [6, 6.07) is 12.3. The van der Waals surface area contributed by atoms with Crippen molar-refractivity contribution in [2.24, 2.45) is 4.99 Å². The molecule has 0 saturated carbocycles. The molecule has 7 heteroatoms. The predicted octanol–water partition coefficient (Wildman–Crippen LogP) is 2.59. The summed E-state index contributed by atoms with van der Waals surface area (Å²) in [6.45, 7) is 3.93. The number of guanidine groups is 1. The van der Waals surface area contributed by atoms with Crippen molar-refractivity contribution in [1.29, 1.82) is 0 Å². The van der Waals surface area contributed by atoms with Crippen LogP contribution in [0.1, 0.15) is 24.0 Å². The van der Waals surface area contributed by atoms with Gasteiger partial charge < -0.3 is 20.1 Å². The molecular weight excluding hydrogens is 453 g/mol. The number of hydrogen-bond donors (Lipinski definition) is 2. The molecule has 0 unspecified atom stereocenters. The molecule has 146 valence electrons. The lowest BCUT2D eigenvalue weighted by Gasteiger charge is -2.19. The molecule has 27 heavy (non-hydrogen) atoms. The Balaban J connectivity index is 0.00000261. The van der Waals surface area contributed by atoms with Gasteiger partial charge in [-0.1, -0.05) is 24.3 Å². The highest BCUT2D eigenvalue weighted by Gasteiger charge is 2.20. The molecule has 0 atom stereocenters. The highest BCUT2D eigenvalue weighted by Crippen LogP contribution is 2.17. The van der Waals surface area contributed by atoms with E-state index < -0.39 is 0 Å². The fourth-order valence-corrected chi connectivity index (χ4v) is 3.18. The Kier molecular flexibility index (Phi) is 8.63. The van der Waals surface area contributed by atoms with Gasteiger partial charge in [0.25, 0.3) is 0 Å². The zero-order valence-corrected chi connectivity index (χ0v) is 18.1. The summed E-state index contributed by atoms with van der Waals surface area (Å²) in [7, 11) is 1.78. The molecule has 0 spiro atoms. The molecule has 1 amide bonds. The first kappa shape index (κ1) is 21.3. The van der Waals surface area contributed by atoms with Gasteiger partial charge in [-0.15, -0.1) is 24.0 Å². The maximum absolute atomic E-state index is 11.9. The number of nitrogens with zero attached hydrogens (tertiary/aromatic N) is 3. The summed E-state index contributed by atoms with van der Waals surface area (Å²) in [4.78, 5) is 18.1. The van der Waals surface area contributed by atoms with Crippen molar-refractivity contribution in [1.82, 2.24) is 20.1 Å². The van der Waals surface area contributed by atoms with E-state index in [4.69, 9.17) is 0 Å². The van der Waals surface area contributed by atoms with Crippen LogP contribution < -0.4 is 10.6 Å². The lowest BCUT2D eigenvalue weighted by molar-refractivity contribution is -0.128. The third-order valence-corrected chi connectivity index (χ3v) is 4.65. The summed E-state index contributed by atoms with van der Waals surface area (Å²) in [5, 5.41) is 6.70. The molecule has 1 aliphatic rings. The SMILES string of the molecule is CN=C(NCCn1cccc1)NCc1ccccc1CN1CCCC1=O.I. The molecule has 1 aromatic carbocycles. The minimum atomic E-state index is 0. The Morgan fingerprint density at radius 3 is 2.52 bits per heavy atom. The number of rotatable bonds is 7. The number of aliphatic imine (C=N–C) groups is 1. The van der Waals surface area contributed by atoms with E-state index in [2.05, 4.69) is 32.3 Å². The van der Waals surface area contributed by atoms with E-state index in [9.17, 15) is 4.79 Å². The Labute approximate surface area is 178 Å². The topological polar surface area (TPSA) is 61.7 Å². The first-order valence-corrected chi connectivity index (χ1v) is 9.16. The molecule has 2 heterocycles. The fourth-order valence-electron chi connectivity index (χ4n) is 3.18. The van der Waals surface area contributed by atoms with Gasteiger partial charge in [-0.05, 0) is 29.7 Å². The summed E-state index contributed by atoms with van der Waals surface area (Å²) < 4.78 is 2.13. The van der Waals surface area contributed by atoms with Crippen molar-refractivity contribution < 1.29 is 4.79 Å². The van der Waals surface area contributed by atoms with Crippen LogP contribution in [-0.4, -0.2) is 41.5 Å². The van der Waals surface area contributed by atoms with Crippen LogP contribution in [0.4, 0.5) is 0 Å². The molecule has 2 N–H and O–H groups in total. The zero-order valence-electron chi connectivity index (χ0n) is 15.7. The molecule has 0 bridgehead atoms. The number of likely N-dealkylation sites (tertiary alicyclic amines) is 1. The van der Waals surface area contributed by atoms with Gasteiger partial charge >= 0.3 is 0 Å². The molecule has 0 radical (unpaired) electrons. The number of carbonyl (C=O) groups is 1. The van der Waals surface area contributed by atoms with E-state index in [0.717, 1.165) is 32.0 Å². The number of hydrogen-bond acceptors (Lipinski definition) is 2.